The van der Waals surface area contributed by atoms with Crippen LogP contribution in [0.2, 0.25) is 0 Å². The van der Waals surface area contributed by atoms with E-state index >= 15 is 0 Å². The van der Waals surface area contributed by atoms with Crippen LogP contribution in [-0.4, -0.2) is 39.0 Å². The van der Waals surface area contributed by atoms with Crippen molar-refractivity contribution in [3.63, 3.8) is 0 Å². The van der Waals surface area contributed by atoms with Gasteiger partial charge in [0.15, 0.2) is 10.6 Å². The van der Waals surface area contributed by atoms with Crippen LogP contribution >= 0.6 is 23.1 Å². The summed E-state index contributed by atoms with van der Waals surface area (Å²) in [4.78, 5) is 24.8. The first-order chi connectivity index (χ1) is 22.4. The second-order valence-corrected chi connectivity index (χ2v) is 13.6. The number of aryl methyl sites for hydroxylation is 1. The van der Waals surface area contributed by atoms with Gasteiger partial charge in [0.1, 0.15) is 5.01 Å². The Hall–Kier alpha value is -3.81. The van der Waals surface area contributed by atoms with Crippen molar-refractivity contribution in [2.75, 3.05) is 22.1 Å². The number of carbonyl (C=O) groups excluding carboxylic acids is 2. The van der Waals surface area contributed by atoms with Gasteiger partial charge in [0.05, 0.1) is 30.2 Å². The average molecular weight is 662 g/mol. The number of carbonyl (C=O) groups is 2. The summed E-state index contributed by atoms with van der Waals surface area (Å²) in [6.45, 7) is 1.93. The fourth-order valence-corrected chi connectivity index (χ4v) is 6.90. The molecule has 1 aliphatic rings. The zero-order valence-electron chi connectivity index (χ0n) is 25.7. The number of nitrogens with zero attached hydrogens (tertiary/aromatic N) is 2. The predicted octanol–water partition coefficient (Wildman–Crippen LogP) is 6.79. The van der Waals surface area contributed by atoms with Crippen LogP contribution in [-0.2, 0) is 25.7 Å². The van der Waals surface area contributed by atoms with Gasteiger partial charge in [-0.3, -0.25) is 9.59 Å². The second-order valence-electron chi connectivity index (χ2n) is 11.1. The van der Waals surface area contributed by atoms with E-state index in [1.54, 1.807) is 35.2 Å². The van der Waals surface area contributed by atoms with E-state index in [1.807, 2.05) is 67.6 Å². The van der Waals surface area contributed by atoms with Crippen LogP contribution in [0.25, 0.3) is 0 Å². The topological polar surface area (TPSA) is 149 Å². The van der Waals surface area contributed by atoms with Crippen LogP contribution in [0.4, 0.5) is 17.1 Å². The zero-order valence-corrected chi connectivity index (χ0v) is 27.3. The van der Waals surface area contributed by atoms with Crippen LogP contribution in [0.5, 0.6) is 0 Å². The third-order valence-electron chi connectivity index (χ3n) is 7.52. The molecule has 3 unspecified atom stereocenters. The van der Waals surface area contributed by atoms with E-state index in [1.165, 1.54) is 0 Å². The molecular weight excluding hydrogens is 623 g/mol. The molecule has 1 aromatic heterocycles. The molecule has 12 heteroatoms. The van der Waals surface area contributed by atoms with E-state index in [-0.39, 0.29) is 30.6 Å². The Labute approximate surface area is 277 Å². The minimum atomic E-state index is -0.585. The summed E-state index contributed by atoms with van der Waals surface area (Å²) in [5, 5.41) is 24.5. The monoisotopic (exact) mass is 661 g/mol. The van der Waals surface area contributed by atoms with Crippen LogP contribution < -0.4 is 16.4 Å². The first-order valence-corrected chi connectivity index (χ1v) is 17.1. The standard InChI is InChI=1S/C34H39N5O5S2/c1-22-38-39-34(46-22)45-21-27-19-30(24-13-11-23(20-40)12-14-24)44-33(43-27)25-15-17-26(18-16-25)36-31(41)9-3-2-4-10-32(42)37-29-8-6-5-7-28(29)35/h5-8,11-18,27,30,33,40H,2-4,9-10,19-21,35H2,1H3,(H,36,41)(H,37,42). The molecule has 0 saturated carbocycles. The number of rotatable bonds is 14. The number of nitrogens with two attached hydrogens (primary N) is 1. The molecule has 0 aliphatic carbocycles. The molecule has 46 heavy (non-hydrogen) atoms. The molecule has 0 radical (unpaired) electrons. The molecule has 10 nitrogen and oxygen atoms in total. The summed E-state index contributed by atoms with van der Waals surface area (Å²) in [6.07, 6.45) is 2.71. The van der Waals surface area contributed by atoms with Gasteiger partial charge in [0, 0.05) is 36.3 Å². The Balaban J connectivity index is 1.10. The molecule has 3 aromatic carbocycles. The van der Waals surface area contributed by atoms with Crippen molar-refractivity contribution in [2.45, 2.75) is 74.9 Å². The van der Waals surface area contributed by atoms with Gasteiger partial charge in [-0.2, -0.15) is 0 Å². The largest absolute Gasteiger partial charge is 0.397 e. The maximum Gasteiger partial charge on any atom is 0.224 e. The smallest absolute Gasteiger partial charge is 0.224 e. The van der Waals surface area contributed by atoms with E-state index in [9.17, 15) is 14.7 Å². The lowest BCUT2D eigenvalue weighted by molar-refractivity contribution is -0.245. The van der Waals surface area contributed by atoms with Gasteiger partial charge < -0.3 is 30.9 Å². The van der Waals surface area contributed by atoms with Crippen LogP contribution in [0.15, 0.2) is 77.1 Å². The first kappa shape index (κ1) is 33.6. The number of aromatic nitrogens is 2. The highest BCUT2D eigenvalue weighted by Gasteiger charge is 2.32. The molecule has 0 bridgehead atoms. The van der Waals surface area contributed by atoms with Gasteiger partial charge in [-0.1, -0.05) is 78.1 Å². The predicted molar refractivity (Wildman–Crippen MR) is 181 cm³/mol. The van der Waals surface area contributed by atoms with Crippen LogP contribution in [0.3, 0.4) is 0 Å². The molecule has 1 saturated heterocycles. The van der Waals surface area contributed by atoms with Gasteiger partial charge >= 0.3 is 0 Å². The number of aliphatic hydroxyl groups is 1. The molecule has 242 valence electrons. The molecule has 2 heterocycles. The summed E-state index contributed by atoms with van der Waals surface area (Å²) >= 11 is 3.19. The van der Waals surface area contributed by atoms with Crippen molar-refractivity contribution >= 4 is 52.0 Å². The Morgan fingerprint density at radius 3 is 2.28 bits per heavy atom. The highest BCUT2D eigenvalue weighted by Crippen LogP contribution is 2.40. The molecule has 1 fully saturated rings. The van der Waals surface area contributed by atoms with Crippen molar-refractivity contribution in [1.29, 1.82) is 0 Å². The summed E-state index contributed by atoms with van der Waals surface area (Å²) < 4.78 is 13.7. The fourth-order valence-electron chi connectivity index (χ4n) is 5.04. The molecule has 4 aromatic rings. The molecule has 0 spiro atoms. The average Bonchev–Trinajstić information content (AvgIpc) is 3.49. The number of nitrogen functional groups attached to an aromatic ring is 1. The van der Waals surface area contributed by atoms with Gasteiger partial charge in [0.25, 0.3) is 0 Å². The number of amides is 2. The van der Waals surface area contributed by atoms with E-state index in [0.717, 1.165) is 32.5 Å². The van der Waals surface area contributed by atoms with Gasteiger partial charge in [0.2, 0.25) is 11.8 Å². The maximum absolute atomic E-state index is 12.6. The molecular formula is C34H39N5O5S2. The van der Waals surface area contributed by atoms with E-state index in [2.05, 4.69) is 20.8 Å². The number of hydrogen-bond acceptors (Lipinski definition) is 10. The third-order valence-corrected chi connectivity index (χ3v) is 9.63. The lowest BCUT2D eigenvalue weighted by Crippen LogP contribution is -2.31. The van der Waals surface area contributed by atoms with Crippen molar-refractivity contribution in [2.24, 2.45) is 0 Å². The first-order valence-electron chi connectivity index (χ1n) is 15.3. The second kappa shape index (κ2) is 16.7. The van der Waals surface area contributed by atoms with Gasteiger partial charge in [-0.15, -0.1) is 10.2 Å². The lowest BCUT2D eigenvalue weighted by Gasteiger charge is -2.36. The Morgan fingerprint density at radius 1 is 0.913 bits per heavy atom. The summed E-state index contributed by atoms with van der Waals surface area (Å²) in [5.41, 5.74) is 10.4. The Bertz CT molecular complexity index is 1580. The third kappa shape index (κ3) is 9.84. The number of nitrogens with one attached hydrogen (secondary N) is 2. The fraction of sp³-hybridized carbons (Fsp3) is 0.353. The Kier molecular flexibility index (Phi) is 12.2. The number of para-hydroxylation sites is 2. The Morgan fingerprint density at radius 2 is 1.61 bits per heavy atom. The molecule has 1 aliphatic heterocycles. The van der Waals surface area contributed by atoms with Crippen LogP contribution in [0.1, 0.15) is 72.6 Å². The quantitative estimate of drug-likeness (QED) is 0.0651. The number of hydrogen-bond donors (Lipinski definition) is 4. The van der Waals surface area contributed by atoms with Crippen LogP contribution in [0, 0.1) is 6.92 Å². The SMILES string of the molecule is Cc1nnc(SCC2CC(c3ccc(CO)cc3)OC(c3ccc(NC(=O)CCCCCC(=O)Nc4ccccc4N)cc3)O2)s1. The van der Waals surface area contributed by atoms with E-state index in [4.69, 9.17) is 15.2 Å². The highest BCUT2D eigenvalue weighted by atomic mass is 32.2. The molecule has 3 atom stereocenters. The number of unbranched alkanes of at least 4 members (excludes halogenated alkanes) is 2. The summed E-state index contributed by atoms with van der Waals surface area (Å²) in [5.74, 6) is 0.547. The lowest BCUT2D eigenvalue weighted by atomic mass is 10.0. The van der Waals surface area contributed by atoms with Crippen molar-refractivity contribution in [3.05, 3.63) is 94.5 Å². The number of benzene rings is 3. The maximum atomic E-state index is 12.6. The van der Waals surface area contributed by atoms with Gasteiger partial charge in [-0.05, 0) is 55.2 Å². The number of anilines is 3. The van der Waals surface area contributed by atoms with E-state index in [0.29, 0.717) is 54.9 Å². The van der Waals surface area contributed by atoms with Crippen molar-refractivity contribution in [3.8, 4) is 0 Å². The summed E-state index contributed by atoms with van der Waals surface area (Å²) in [6, 6.07) is 22.5. The highest BCUT2D eigenvalue weighted by molar-refractivity contribution is 8.01. The molecule has 2 amide bonds. The minimum Gasteiger partial charge on any atom is -0.397 e. The van der Waals surface area contributed by atoms with Crippen molar-refractivity contribution in [1.82, 2.24) is 10.2 Å². The normalized spacial score (nSPS) is 17.8. The number of thioether (sulfide) groups is 1. The number of aliphatic hydroxyl groups excluding tert-OH is 1. The number of ether oxygens (including phenoxy) is 2. The van der Waals surface area contributed by atoms with E-state index < -0.39 is 6.29 Å². The van der Waals surface area contributed by atoms with Crippen molar-refractivity contribution < 1.29 is 24.2 Å². The summed E-state index contributed by atoms with van der Waals surface area (Å²) in [7, 11) is 0. The molecule has 5 N–H and O–H groups in total. The minimum absolute atomic E-state index is 0.00880. The van der Waals surface area contributed by atoms with Gasteiger partial charge in [-0.25, -0.2) is 0 Å². The zero-order chi connectivity index (χ0) is 32.3. The molecule has 5 rings (SSSR count).